The third kappa shape index (κ3) is 15.1. The van der Waals surface area contributed by atoms with E-state index in [1.807, 2.05) is 5.43 Å². The molecule has 0 spiro atoms. The number of amides is 1. The van der Waals surface area contributed by atoms with E-state index in [0.717, 1.165) is 12.8 Å². The first-order chi connectivity index (χ1) is 10.2. The maximum Gasteiger partial charge on any atom is 0.306 e. The van der Waals surface area contributed by atoms with Gasteiger partial charge in [0.1, 0.15) is 0 Å². The Hall–Kier alpha value is -1.10. The molecule has 0 aliphatic rings. The molecule has 0 heterocycles. The third-order valence-electron chi connectivity index (χ3n) is 3.48. The summed E-state index contributed by atoms with van der Waals surface area (Å²) in [4.78, 5) is 22.1. The van der Waals surface area contributed by atoms with Gasteiger partial charge in [0.2, 0.25) is 5.91 Å². The molecule has 1 amide bonds. The van der Waals surface area contributed by atoms with Crippen molar-refractivity contribution in [3.8, 4) is 0 Å². The summed E-state index contributed by atoms with van der Waals surface area (Å²) in [5, 5.41) is 0. The van der Waals surface area contributed by atoms with Crippen LogP contribution in [0.25, 0.3) is 0 Å². The highest BCUT2D eigenvalue weighted by Gasteiger charge is 2.06. The summed E-state index contributed by atoms with van der Waals surface area (Å²) in [6.45, 7) is 2.69. The first kappa shape index (κ1) is 19.9. The van der Waals surface area contributed by atoms with E-state index in [4.69, 9.17) is 10.6 Å². The van der Waals surface area contributed by atoms with E-state index in [1.165, 1.54) is 51.4 Å². The summed E-state index contributed by atoms with van der Waals surface area (Å²) in [7, 11) is 0. The van der Waals surface area contributed by atoms with Crippen molar-refractivity contribution in [2.75, 3.05) is 6.61 Å². The fourth-order valence-electron chi connectivity index (χ4n) is 2.14. The highest BCUT2D eigenvalue weighted by atomic mass is 16.5. The normalized spacial score (nSPS) is 10.4. The van der Waals surface area contributed by atoms with E-state index in [2.05, 4.69) is 6.92 Å². The van der Waals surface area contributed by atoms with Crippen LogP contribution in [0.1, 0.15) is 84.0 Å². The second-order valence-electron chi connectivity index (χ2n) is 5.47. The molecule has 3 N–H and O–H groups in total. The number of ether oxygens (including phenoxy) is 1. The Morgan fingerprint density at radius 2 is 1.38 bits per heavy atom. The lowest BCUT2D eigenvalue weighted by Crippen LogP contribution is -2.30. The number of unbranched alkanes of at least 4 members (excludes halogenated alkanes) is 9. The van der Waals surface area contributed by atoms with Crippen LogP contribution in [0.5, 0.6) is 0 Å². The molecule has 0 fully saturated rings. The second-order valence-corrected chi connectivity index (χ2v) is 5.47. The minimum absolute atomic E-state index is 0.0906. The quantitative estimate of drug-likeness (QED) is 0.170. The Morgan fingerprint density at radius 3 is 1.90 bits per heavy atom. The lowest BCUT2D eigenvalue weighted by Gasteiger charge is -2.05. The Kier molecular flexibility index (Phi) is 14.5. The van der Waals surface area contributed by atoms with Gasteiger partial charge in [-0.1, -0.05) is 64.7 Å². The van der Waals surface area contributed by atoms with Crippen LogP contribution >= 0.6 is 0 Å². The van der Waals surface area contributed by atoms with Gasteiger partial charge in [-0.05, 0) is 6.42 Å². The minimum Gasteiger partial charge on any atom is -0.466 e. The maximum atomic E-state index is 11.3. The summed E-state index contributed by atoms with van der Waals surface area (Å²) >= 11 is 0. The van der Waals surface area contributed by atoms with Crippen molar-refractivity contribution in [3.05, 3.63) is 0 Å². The van der Waals surface area contributed by atoms with E-state index in [-0.39, 0.29) is 24.7 Å². The van der Waals surface area contributed by atoms with Crippen LogP contribution in [0.4, 0.5) is 0 Å². The van der Waals surface area contributed by atoms with Crippen molar-refractivity contribution in [1.29, 1.82) is 0 Å². The number of carbonyl (C=O) groups is 2. The lowest BCUT2D eigenvalue weighted by atomic mass is 10.1. The van der Waals surface area contributed by atoms with Crippen LogP contribution < -0.4 is 11.3 Å². The summed E-state index contributed by atoms with van der Waals surface area (Å²) in [6, 6.07) is 0. The number of nitrogens with two attached hydrogens (primary N) is 1. The molecule has 0 bridgehead atoms. The molecule has 0 aliphatic carbocycles. The Labute approximate surface area is 129 Å². The first-order valence-electron chi connectivity index (χ1n) is 8.35. The average Bonchev–Trinajstić information content (AvgIpc) is 2.50. The van der Waals surface area contributed by atoms with Crippen LogP contribution in [-0.4, -0.2) is 18.5 Å². The number of hydrazine groups is 1. The molecule has 0 aromatic rings. The van der Waals surface area contributed by atoms with Crippen LogP contribution in [-0.2, 0) is 14.3 Å². The predicted molar refractivity (Wildman–Crippen MR) is 84.4 cm³/mol. The zero-order chi connectivity index (χ0) is 15.8. The number of carbonyl (C=O) groups excluding carboxylic acids is 2. The monoisotopic (exact) mass is 300 g/mol. The van der Waals surface area contributed by atoms with Gasteiger partial charge in [-0.15, -0.1) is 0 Å². The van der Waals surface area contributed by atoms with E-state index >= 15 is 0 Å². The zero-order valence-corrected chi connectivity index (χ0v) is 13.5. The molecule has 0 saturated heterocycles. The van der Waals surface area contributed by atoms with E-state index in [1.54, 1.807) is 0 Å². The van der Waals surface area contributed by atoms with E-state index < -0.39 is 0 Å². The highest BCUT2D eigenvalue weighted by Crippen LogP contribution is 2.10. The largest absolute Gasteiger partial charge is 0.466 e. The van der Waals surface area contributed by atoms with Crippen molar-refractivity contribution in [2.24, 2.45) is 5.84 Å². The molecule has 0 unspecified atom stereocenters. The first-order valence-corrected chi connectivity index (χ1v) is 8.35. The molecule has 5 nitrogen and oxygen atoms in total. The summed E-state index contributed by atoms with van der Waals surface area (Å²) in [5.74, 6) is 4.25. The fraction of sp³-hybridized carbons (Fsp3) is 0.875. The van der Waals surface area contributed by atoms with E-state index in [9.17, 15) is 9.59 Å². The molecule has 0 aliphatic heterocycles. The number of nitrogens with one attached hydrogen (secondary N) is 1. The maximum absolute atomic E-state index is 11.3. The topological polar surface area (TPSA) is 81.4 Å². The van der Waals surface area contributed by atoms with Crippen molar-refractivity contribution in [2.45, 2.75) is 84.0 Å². The highest BCUT2D eigenvalue weighted by molar-refractivity contribution is 5.80. The van der Waals surface area contributed by atoms with Gasteiger partial charge in [-0.3, -0.25) is 15.0 Å². The predicted octanol–water partition coefficient (Wildman–Crippen LogP) is 3.22. The standard InChI is InChI=1S/C16H32N2O3/c1-2-3-4-5-6-7-8-9-10-11-14-21-16(20)13-12-15(19)18-17/h2-14,17H2,1H3,(H,18,19). The van der Waals surface area contributed by atoms with Gasteiger partial charge in [0.15, 0.2) is 0 Å². The van der Waals surface area contributed by atoms with Crippen LogP contribution in [0.15, 0.2) is 0 Å². The average molecular weight is 300 g/mol. The van der Waals surface area contributed by atoms with Crippen LogP contribution in [0.3, 0.4) is 0 Å². The number of hydrogen-bond donors (Lipinski definition) is 2. The summed E-state index contributed by atoms with van der Waals surface area (Å²) < 4.78 is 5.05. The summed E-state index contributed by atoms with van der Waals surface area (Å²) in [6.07, 6.45) is 12.7. The lowest BCUT2D eigenvalue weighted by molar-refractivity contribution is -0.145. The van der Waals surface area contributed by atoms with Crippen molar-refractivity contribution in [1.82, 2.24) is 5.43 Å². The van der Waals surface area contributed by atoms with Gasteiger partial charge < -0.3 is 4.74 Å². The number of rotatable bonds is 14. The zero-order valence-electron chi connectivity index (χ0n) is 13.5. The van der Waals surface area contributed by atoms with Crippen molar-refractivity contribution < 1.29 is 14.3 Å². The molecule has 0 saturated carbocycles. The molecule has 0 radical (unpaired) electrons. The smallest absolute Gasteiger partial charge is 0.306 e. The second kappa shape index (κ2) is 15.3. The molecule has 124 valence electrons. The van der Waals surface area contributed by atoms with Crippen LogP contribution in [0.2, 0.25) is 0 Å². The summed E-state index contributed by atoms with van der Waals surface area (Å²) in [5.41, 5.74) is 1.99. The SMILES string of the molecule is CCCCCCCCCCCCOC(=O)CCC(=O)NN. The van der Waals surface area contributed by atoms with Crippen molar-refractivity contribution >= 4 is 11.9 Å². The molecule has 5 heteroatoms. The fourth-order valence-corrected chi connectivity index (χ4v) is 2.14. The molecular formula is C16H32N2O3. The van der Waals surface area contributed by atoms with Gasteiger partial charge in [0, 0.05) is 6.42 Å². The van der Waals surface area contributed by atoms with Gasteiger partial charge >= 0.3 is 5.97 Å². The number of hydrogen-bond acceptors (Lipinski definition) is 4. The van der Waals surface area contributed by atoms with Crippen molar-refractivity contribution in [3.63, 3.8) is 0 Å². The Morgan fingerprint density at radius 1 is 0.857 bits per heavy atom. The van der Waals surface area contributed by atoms with Gasteiger partial charge in [0.05, 0.1) is 13.0 Å². The van der Waals surface area contributed by atoms with Gasteiger partial charge in [-0.25, -0.2) is 5.84 Å². The molecule has 0 atom stereocenters. The molecule has 0 aromatic carbocycles. The number of esters is 1. The van der Waals surface area contributed by atoms with Crippen LogP contribution in [0, 0.1) is 0 Å². The Balaban J connectivity index is 3.18. The molecular weight excluding hydrogens is 268 g/mol. The van der Waals surface area contributed by atoms with Gasteiger partial charge in [-0.2, -0.15) is 0 Å². The third-order valence-corrected chi connectivity index (χ3v) is 3.48. The minimum atomic E-state index is -0.342. The van der Waals surface area contributed by atoms with E-state index in [0.29, 0.717) is 6.61 Å². The molecule has 21 heavy (non-hydrogen) atoms. The molecule has 0 aromatic heterocycles. The molecule has 0 rings (SSSR count). The Bertz CT molecular complexity index is 270. The van der Waals surface area contributed by atoms with Gasteiger partial charge in [0.25, 0.3) is 0 Å².